The SMILES string of the molecule is O=C(N[C@@H]1CCCC[C@H]1N1Cc2ccc(-c3noc(C(F)(F)F)n3)cc2C1=O)N1CC(F)C1. The van der Waals surface area contributed by atoms with E-state index in [1.165, 1.54) is 11.0 Å². The second-order valence-electron chi connectivity index (χ2n) is 8.64. The van der Waals surface area contributed by atoms with Gasteiger partial charge in [-0.3, -0.25) is 4.79 Å². The Morgan fingerprint density at radius 1 is 1.18 bits per heavy atom. The lowest BCUT2D eigenvalue weighted by atomic mass is 9.89. The lowest BCUT2D eigenvalue weighted by Crippen LogP contribution is -2.60. The van der Waals surface area contributed by atoms with E-state index in [1.807, 2.05) is 0 Å². The molecule has 1 aromatic heterocycles. The summed E-state index contributed by atoms with van der Waals surface area (Å²) in [6.07, 6.45) is -2.52. The van der Waals surface area contributed by atoms with Gasteiger partial charge in [0.2, 0.25) is 5.82 Å². The lowest BCUT2D eigenvalue weighted by Gasteiger charge is -2.41. The van der Waals surface area contributed by atoms with Crippen LogP contribution in [0.1, 0.15) is 47.5 Å². The molecule has 2 atom stereocenters. The highest BCUT2D eigenvalue weighted by atomic mass is 19.4. The fraction of sp³-hybridized carbons (Fsp3) is 0.524. The number of benzene rings is 1. The van der Waals surface area contributed by atoms with Gasteiger partial charge in [-0.2, -0.15) is 18.2 Å². The van der Waals surface area contributed by atoms with E-state index in [9.17, 15) is 27.2 Å². The molecular formula is C21H21F4N5O3. The van der Waals surface area contributed by atoms with Crippen molar-refractivity contribution in [3.63, 3.8) is 0 Å². The Balaban J connectivity index is 1.33. The van der Waals surface area contributed by atoms with Gasteiger partial charge in [-0.1, -0.05) is 30.1 Å². The van der Waals surface area contributed by atoms with Crippen LogP contribution in [0.15, 0.2) is 22.7 Å². The van der Waals surface area contributed by atoms with Gasteiger partial charge in [0.1, 0.15) is 6.17 Å². The summed E-state index contributed by atoms with van der Waals surface area (Å²) in [6.45, 7) is 0.486. The second kappa shape index (κ2) is 7.99. The average molecular weight is 467 g/mol. The normalized spacial score (nSPS) is 23.5. The molecule has 1 aromatic carbocycles. The van der Waals surface area contributed by atoms with Crippen LogP contribution in [-0.2, 0) is 12.7 Å². The number of likely N-dealkylation sites (tertiary alicyclic amines) is 1. The second-order valence-corrected chi connectivity index (χ2v) is 8.64. The molecule has 3 amide bonds. The minimum absolute atomic E-state index is 0.0756. The summed E-state index contributed by atoms with van der Waals surface area (Å²) in [5.74, 6) is -1.96. The van der Waals surface area contributed by atoms with Crippen LogP contribution in [0.5, 0.6) is 0 Å². The summed E-state index contributed by atoms with van der Waals surface area (Å²) in [5.41, 5.74) is 1.35. The van der Waals surface area contributed by atoms with E-state index in [0.29, 0.717) is 24.9 Å². The lowest BCUT2D eigenvalue weighted by molar-refractivity contribution is -0.159. The molecule has 33 heavy (non-hydrogen) atoms. The monoisotopic (exact) mass is 467 g/mol. The van der Waals surface area contributed by atoms with Crippen molar-refractivity contribution in [1.29, 1.82) is 0 Å². The molecule has 3 aliphatic rings. The highest BCUT2D eigenvalue weighted by Gasteiger charge is 2.41. The van der Waals surface area contributed by atoms with E-state index >= 15 is 0 Å². The average Bonchev–Trinajstić information content (AvgIpc) is 3.37. The number of carbonyl (C=O) groups is 2. The Morgan fingerprint density at radius 3 is 2.64 bits per heavy atom. The van der Waals surface area contributed by atoms with Crippen LogP contribution in [0, 0.1) is 0 Å². The van der Waals surface area contributed by atoms with Crippen molar-refractivity contribution in [1.82, 2.24) is 25.3 Å². The van der Waals surface area contributed by atoms with Crippen LogP contribution in [0.2, 0.25) is 0 Å². The summed E-state index contributed by atoms with van der Waals surface area (Å²) in [7, 11) is 0. The van der Waals surface area contributed by atoms with E-state index in [4.69, 9.17) is 0 Å². The maximum atomic E-state index is 13.2. The molecule has 1 N–H and O–H groups in total. The summed E-state index contributed by atoms with van der Waals surface area (Å²) in [6, 6.07) is 3.89. The molecule has 1 aliphatic carbocycles. The zero-order chi connectivity index (χ0) is 23.3. The highest BCUT2D eigenvalue weighted by molar-refractivity contribution is 5.99. The quantitative estimate of drug-likeness (QED) is 0.699. The first-order chi connectivity index (χ1) is 15.7. The molecule has 0 radical (unpaired) electrons. The fourth-order valence-electron chi connectivity index (χ4n) is 4.68. The van der Waals surface area contributed by atoms with Crippen LogP contribution < -0.4 is 5.32 Å². The number of aromatic nitrogens is 2. The molecule has 12 heteroatoms. The zero-order valence-electron chi connectivity index (χ0n) is 17.4. The molecule has 3 heterocycles. The summed E-state index contributed by atoms with van der Waals surface area (Å²) in [4.78, 5) is 32.1. The van der Waals surface area contributed by atoms with Crippen LogP contribution in [0.4, 0.5) is 22.4 Å². The largest absolute Gasteiger partial charge is 0.471 e. The van der Waals surface area contributed by atoms with Crippen molar-refractivity contribution < 1.29 is 31.7 Å². The number of amides is 3. The Hall–Kier alpha value is -3.18. The molecule has 0 unspecified atom stereocenters. The van der Waals surface area contributed by atoms with E-state index < -0.39 is 18.2 Å². The third-order valence-electron chi connectivity index (χ3n) is 6.43. The first-order valence-electron chi connectivity index (χ1n) is 10.8. The third-order valence-corrected chi connectivity index (χ3v) is 6.43. The number of hydrogen-bond acceptors (Lipinski definition) is 5. The predicted octanol–water partition coefficient (Wildman–Crippen LogP) is 3.39. The topological polar surface area (TPSA) is 91.6 Å². The summed E-state index contributed by atoms with van der Waals surface area (Å²) >= 11 is 0. The van der Waals surface area contributed by atoms with E-state index in [2.05, 4.69) is 20.0 Å². The molecule has 0 spiro atoms. The van der Waals surface area contributed by atoms with Crippen molar-refractivity contribution in [3.8, 4) is 11.4 Å². The highest BCUT2D eigenvalue weighted by Crippen LogP contribution is 2.34. The minimum Gasteiger partial charge on any atom is -0.333 e. The summed E-state index contributed by atoms with van der Waals surface area (Å²) in [5, 5.41) is 6.34. The van der Waals surface area contributed by atoms with Gasteiger partial charge >= 0.3 is 18.1 Å². The molecule has 2 fully saturated rings. The molecule has 2 aromatic rings. The number of nitrogens with one attached hydrogen (secondary N) is 1. The predicted molar refractivity (Wildman–Crippen MR) is 106 cm³/mol. The van der Waals surface area contributed by atoms with E-state index in [1.54, 1.807) is 17.0 Å². The Kier molecular flexibility index (Phi) is 5.25. The van der Waals surface area contributed by atoms with Gasteiger partial charge in [0, 0.05) is 17.7 Å². The van der Waals surface area contributed by atoms with Gasteiger partial charge < -0.3 is 19.6 Å². The van der Waals surface area contributed by atoms with E-state index in [0.717, 1.165) is 18.4 Å². The van der Waals surface area contributed by atoms with Crippen molar-refractivity contribution in [2.75, 3.05) is 13.1 Å². The molecule has 1 saturated carbocycles. The first-order valence-corrected chi connectivity index (χ1v) is 10.8. The molecule has 0 bridgehead atoms. The molecule has 1 saturated heterocycles. The van der Waals surface area contributed by atoms with Crippen molar-refractivity contribution >= 4 is 11.9 Å². The minimum atomic E-state index is -4.75. The Morgan fingerprint density at radius 2 is 1.94 bits per heavy atom. The fourth-order valence-corrected chi connectivity index (χ4v) is 4.68. The van der Waals surface area contributed by atoms with Gasteiger partial charge in [0.15, 0.2) is 0 Å². The molecule has 2 aliphatic heterocycles. The number of halogens is 4. The molecular weight excluding hydrogens is 446 g/mol. The van der Waals surface area contributed by atoms with Gasteiger partial charge in [0.25, 0.3) is 5.91 Å². The van der Waals surface area contributed by atoms with Gasteiger partial charge in [0.05, 0.1) is 25.2 Å². The number of urea groups is 1. The maximum absolute atomic E-state index is 13.2. The van der Waals surface area contributed by atoms with Gasteiger partial charge in [-0.15, -0.1) is 0 Å². The van der Waals surface area contributed by atoms with Crippen molar-refractivity contribution in [2.45, 2.75) is 56.7 Å². The number of hydrogen-bond donors (Lipinski definition) is 1. The first kappa shape index (κ1) is 21.7. The Labute approximate surface area is 185 Å². The standard InChI is InChI=1S/C21H21F4N5O3/c22-13-9-29(10-13)20(32)26-15-3-1-2-4-16(15)30-8-12-6-5-11(7-14(12)18(30)31)17-27-19(33-28-17)21(23,24)25/h5-7,13,15-16H,1-4,8-10H2,(H,26,32)/t15-,16-/m1/s1. The number of nitrogens with zero attached hydrogens (tertiary/aromatic N) is 4. The number of carbonyl (C=O) groups excluding carboxylic acids is 2. The van der Waals surface area contributed by atoms with Crippen LogP contribution in [0.3, 0.4) is 0 Å². The van der Waals surface area contributed by atoms with E-state index in [-0.39, 0.29) is 48.5 Å². The number of alkyl halides is 4. The number of rotatable bonds is 3. The van der Waals surface area contributed by atoms with Crippen molar-refractivity contribution in [3.05, 3.63) is 35.2 Å². The van der Waals surface area contributed by atoms with Gasteiger partial charge in [-0.05, 0) is 24.5 Å². The Bertz CT molecular complexity index is 1080. The number of fused-ring (bicyclic) bond motifs is 1. The van der Waals surface area contributed by atoms with Gasteiger partial charge in [-0.25, -0.2) is 9.18 Å². The molecule has 8 nitrogen and oxygen atoms in total. The maximum Gasteiger partial charge on any atom is 0.471 e. The molecule has 176 valence electrons. The summed E-state index contributed by atoms with van der Waals surface area (Å²) < 4.78 is 55.7. The van der Waals surface area contributed by atoms with Crippen LogP contribution in [0.25, 0.3) is 11.4 Å². The molecule has 5 rings (SSSR count). The van der Waals surface area contributed by atoms with Crippen molar-refractivity contribution in [2.24, 2.45) is 0 Å². The van der Waals surface area contributed by atoms with Crippen LogP contribution in [-0.4, -0.2) is 63.2 Å². The zero-order valence-corrected chi connectivity index (χ0v) is 17.4. The van der Waals surface area contributed by atoms with Crippen LogP contribution >= 0.6 is 0 Å². The third kappa shape index (κ3) is 4.02. The smallest absolute Gasteiger partial charge is 0.333 e.